The second-order valence-electron chi connectivity index (χ2n) is 21.5. The summed E-state index contributed by atoms with van der Waals surface area (Å²) in [5, 5.41) is 10.0. The van der Waals surface area contributed by atoms with Crippen LogP contribution in [0.25, 0.3) is 63.1 Å². The molecule has 3 aromatic heterocycles. The van der Waals surface area contributed by atoms with Crippen molar-refractivity contribution >= 4 is 86.4 Å². The monoisotopic (exact) mass is 970 g/mol. The van der Waals surface area contributed by atoms with Gasteiger partial charge < -0.3 is 24.9 Å². The first-order chi connectivity index (χ1) is 35.5. The number of hydrogen-bond donors (Lipinski definition) is 3. The van der Waals surface area contributed by atoms with E-state index in [2.05, 4.69) is 228 Å². The van der Waals surface area contributed by atoms with Crippen molar-refractivity contribution < 1.29 is 9.90 Å². The van der Waals surface area contributed by atoms with E-state index in [-0.39, 0.29) is 11.0 Å². The Kier molecular flexibility index (Phi) is 12.0. The van der Waals surface area contributed by atoms with Crippen molar-refractivity contribution in [3.05, 3.63) is 213 Å². The zero-order valence-corrected chi connectivity index (χ0v) is 43.7. The second-order valence-corrected chi connectivity index (χ2v) is 21.5. The molecule has 368 valence electrons. The lowest BCUT2D eigenvalue weighted by molar-refractivity contribution is 0.0697. The molecule has 4 aromatic carbocycles. The third kappa shape index (κ3) is 8.74. The molecule has 8 bridgehead atoms. The van der Waals surface area contributed by atoms with Gasteiger partial charge in [0, 0.05) is 39.2 Å². The molecule has 2 aliphatic heterocycles. The molecule has 8 nitrogen and oxygen atoms in total. The molecular formula is C66H62N6O2. The highest BCUT2D eigenvalue weighted by Gasteiger charge is 2.36. The Morgan fingerprint density at radius 3 is 1.58 bits per heavy atom. The van der Waals surface area contributed by atoms with Crippen molar-refractivity contribution in [2.24, 2.45) is 5.41 Å². The number of aromatic amines is 2. The number of allylic oxidation sites excluding steroid dienone is 6. The molecule has 11 rings (SSSR count). The normalized spacial score (nSPS) is 16.8. The number of carboxylic acid groups (broad SMARTS) is 1. The quantitative estimate of drug-likeness (QED) is 0.133. The Morgan fingerprint density at radius 1 is 0.554 bits per heavy atom. The van der Waals surface area contributed by atoms with E-state index in [1.54, 1.807) is 12.1 Å². The van der Waals surface area contributed by atoms with E-state index in [4.69, 9.17) is 9.97 Å². The van der Waals surface area contributed by atoms with Gasteiger partial charge in [-0.05, 0) is 181 Å². The molecule has 0 saturated heterocycles. The van der Waals surface area contributed by atoms with Crippen molar-refractivity contribution in [1.29, 1.82) is 0 Å². The first-order valence-electron chi connectivity index (χ1n) is 25.6. The summed E-state index contributed by atoms with van der Waals surface area (Å²) in [5.74, 6) is -0.975. The fourth-order valence-corrected chi connectivity index (χ4v) is 11.5. The summed E-state index contributed by atoms with van der Waals surface area (Å²) in [6.07, 6.45) is 19.4. The summed E-state index contributed by atoms with van der Waals surface area (Å²) in [6, 6.07) is 42.1. The number of H-pyrrole nitrogens is 2. The third-order valence-electron chi connectivity index (χ3n) is 15.0. The summed E-state index contributed by atoms with van der Waals surface area (Å²) in [5.41, 5.74) is 22.3. The Hall–Kier alpha value is -8.49. The van der Waals surface area contributed by atoms with Gasteiger partial charge in [-0.2, -0.15) is 0 Å². The van der Waals surface area contributed by atoms with Crippen LogP contribution in [0.1, 0.15) is 110 Å². The number of carboxylic acids is 1. The number of hydrogen-bond acceptors (Lipinski definition) is 5. The highest BCUT2D eigenvalue weighted by molar-refractivity contribution is 6.01. The fraction of sp³-hybridized carbons (Fsp3) is 0.197. The molecule has 4 aliphatic rings. The SMILES string of the molecule is CC1=CCC(C)(N(c2ccc(C)cc2)c2c3nc(c(-c4ccc(C(=O)O)cc4)c4ccc([nH]4)c(C4=C(C)C=C(C)CC4(C)C)c4nc(c(N(c5ccc(C)cc5)c5ccc(C)cc5)c5ccc2[nH]5)C=C4)C=C3)C=C1. The minimum Gasteiger partial charge on any atom is -0.478 e. The van der Waals surface area contributed by atoms with E-state index in [9.17, 15) is 9.90 Å². The van der Waals surface area contributed by atoms with Gasteiger partial charge in [-0.25, -0.2) is 14.8 Å². The molecule has 0 amide bonds. The number of fused-ring (bicyclic) bond motifs is 8. The van der Waals surface area contributed by atoms with Gasteiger partial charge in [0.25, 0.3) is 0 Å². The number of aromatic nitrogens is 4. The van der Waals surface area contributed by atoms with Crippen LogP contribution in [0.3, 0.4) is 0 Å². The molecular weight excluding hydrogens is 909 g/mol. The van der Waals surface area contributed by atoms with Gasteiger partial charge in [-0.3, -0.25) is 0 Å². The standard InChI is InChI=1S/C66H62N6O2/c1-40-10-20-48(21-11-40)71(49-22-12-41(2)13-23-49)62-55-30-29-54(69-55)60(61-45(6)38-44(5)39-65(61,7)8)53-27-26-51(67-53)59(46-16-18-47(19-17-46)64(73)74)52-28-31-57(68-52)63(58-33-32-56(62)70-58)72(50-24-14-42(3)15-25-50)66(9)36-34-43(4)35-37-66/h10-36,38,67,70H,37,39H2,1-9H3,(H,73,74). The van der Waals surface area contributed by atoms with Crippen molar-refractivity contribution in [2.75, 3.05) is 9.80 Å². The van der Waals surface area contributed by atoms with Crippen molar-refractivity contribution in [3.8, 4) is 11.1 Å². The van der Waals surface area contributed by atoms with E-state index in [1.807, 2.05) is 12.1 Å². The van der Waals surface area contributed by atoms with Gasteiger partial charge in [0.15, 0.2) is 0 Å². The Balaban J connectivity index is 1.34. The van der Waals surface area contributed by atoms with Gasteiger partial charge >= 0.3 is 5.97 Å². The predicted molar refractivity (Wildman–Crippen MR) is 309 cm³/mol. The first kappa shape index (κ1) is 47.8. The van der Waals surface area contributed by atoms with Crippen molar-refractivity contribution in [2.45, 2.75) is 80.7 Å². The molecule has 74 heavy (non-hydrogen) atoms. The molecule has 5 heterocycles. The Morgan fingerprint density at radius 2 is 1.04 bits per heavy atom. The maximum absolute atomic E-state index is 12.2. The van der Waals surface area contributed by atoms with Crippen LogP contribution in [0.15, 0.2) is 162 Å². The van der Waals surface area contributed by atoms with E-state index in [0.717, 1.165) is 103 Å². The lowest BCUT2D eigenvalue weighted by Crippen LogP contribution is -2.42. The molecule has 2 aliphatic carbocycles. The fourth-order valence-electron chi connectivity index (χ4n) is 11.5. The highest BCUT2D eigenvalue weighted by atomic mass is 16.4. The number of nitrogens with one attached hydrogen (secondary N) is 2. The zero-order valence-electron chi connectivity index (χ0n) is 43.7. The van der Waals surface area contributed by atoms with Gasteiger partial charge in [0.2, 0.25) is 0 Å². The number of benzene rings is 4. The molecule has 7 aromatic rings. The first-order valence-corrected chi connectivity index (χ1v) is 25.6. The Bertz CT molecular complexity index is 3740. The van der Waals surface area contributed by atoms with Crippen LogP contribution in [0.4, 0.5) is 28.4 Å². The molecule has 0 radical (unpaired) electrons. The summed E-state index contributed by atoms with van der Waals surface area (Å²) >= 11 is 0. The molecule has 8 heteroatoms. The third-order valence-corrected chi connectivity index (χ3v) is 15.0. The number of rotatable bonds is 9. The number of carbonyl (C=O) groups is 1. The average molecular weight is 971 g/mol. The minimum atomic E-state index is -0.975. The molecule has 1 unspecified atom stereocenters. The van der Waals surface area contributed by atoms with E-state index in [0.29, 0.717) is 0 Å². The highest BCUT2D eigenvalue weighted by Crippen LogP contribution is 2.50. The van der Waals surface area contributed by atoms with Crippen LogP contribution in [-0.4, -0.2) is 36.6 Å². The number of aromatic carboxylic acids is 1. The number of nitrogens with zero attached hydrogens (tertiary/aromatic N) is 4. The average Bonchev–Trinajstić information content (AvgIpc) is 4.23. The van der Waals surface area contributed by atoms with Crippen LogP contribution in [0.5, 0.6) is 0 Å². The van der Waals surface area contributed by atoms with Crippen LogP contribution in [0, 0.1) is 26.2 Å². The topological polar surface area (TPSA) is 101 Å². The molecule has 1 atom stereocenters. The summed E-state index contributed by atoms with van der Waals surface area (Å²) in [4.78, 5) is 36.4. The van der Waals surface area contributed by atoms with Crippen molar-refractivity contribution in [3.63, 3.8) is 0 Å². The predicted octanol–water partition coefficient (Wildman–Crippen LogP) is 17.4. The van der Waals surface area contributed by atoms with Gasteiger partial charge in [-0.1, -0.05) is 115 Å². The van der Waals surface area contributed by atoms with E-state index in [1.165, 1.54) is 39.0 Å². The van der Waals surface area contributed by atoms with Gasteiger partial charge in [0.05, 0.1) is 56.3 Å². The molecule has 3 N–H and O–H groups in total. The van der Waals surface area contributed by atoms with Crippen LogP contribution in [0.2, 0.25) is 0 Å². The lowest BCUT2D eigenvalue weighted by Gasteiger charge is -2.42. The largest absolute Gasteiger partial charge is 0.478 e. The molecule has 0 fully saturated rings. The summed E-state index contributed by atoms with van der Waals surface area (Å²) < 4.78 is 0. The maximum Gasteiger partial charge on any atom is 0.335 e. The van der Waals surface area contributed by atoms with Crippen molar-refractivity contribution in [1.82, 2.24) is 19.9 Å². The van der Waals surface area contributed by atoms with Gasteiger partial charge in [0.1, 0.15) is 0 Å². The van der Waals surface area contributed by atoms with Crippen LogP contribution in [-0.2, 0) is 0 Å². The molecule has 0 saturated carbocycles. The minimum absolute atomic E-state index is 0.217. The lowest BCUT2D eigenvalue weighted by atomic mass is 9.70. The zero-order chi connectivity index (χ0) is 51.6. The number of anilines is 5. The summed E-state index contributed by atoms with van der Waals surface area (Å²) in [7, 11) is 0. The maximum atomic E-state index is 12.2. The van der Waals surface area contributed by atoms with E-state index >= 15 is 0 Å². The second kappa shape index (κ2) is 18.5. The molecule has 0 spiro atoms. The number of aryl methyl sites for hydroxylation is 3. The smallest absolute Gasteiger partial charge is 0.335 e. The Labute approximate surface area is 434 Å². The van der Waals surface area contributed by atoms with Crippen LogP contribution < -0.4 is 9.80 Å². The van der Waals surface area contributed by atoms with E-state index < -0.39 is 11.5 Å². The summed E-state index contributed by atoms with van der Waals surface area (Å²) in [6.45, 7) is 19.9. The van der Waals surface area contributed by atoms with Crippen LogP contribution >= 0.6 is 0 Å². The van der Waals surface area contributed by atoms with Gasteiger partial charge in [-0.15, -0.1) is 0 Å².